The summed E-state index contributed by atoms with van der Waals surface area (Å²) < 4.78 is 9.82. The fourth-order valence-electron chi connectivity index (χ4n) is 17.7. The zero-order chi connectivity index (χ0) is 76.3. The van der Waals surface area contributed by atoms with Gasteiger partial charge in [-0.2, -0.15) is 0 Å². The minimum Gasteiger partial charge on any atom is -0.278 e. The molecule has 0 aliphatic heterocycles. The fourth-order valence-corrected chi connectivity index (χ4v) is 20.2. The lowest BCUT2D eigenvalue weighted by molar-refractivity contribution is 1.01. The van der Waals surface area contributed by atoms with E-state index in [0.717, 1.165) is 72.0 Å². The molecule has 0 fully saturated rings. The maximum Gasteiger partial charge on any atom is 0.235 e. The second-order valence-electron chi connectivity index (χ2n) is 29.9. The molecule has 0 saturated carbocycles. The van der Waals surface area contributed by atoms with Gasteiger partial charge in [0.05, 0.1) is 44.5 Å². The number of hydrogen-bond acceptors (Lipinski definition) is 6. The maximum atomic E-state index is 5.41. The van der Waals surface area contributed by atoms with Crippen LogP contribution in [0.25, 0.3) is 228 Å². The lowest BCUT2D eigenvalue weighted by Gasteiger charge is -2.13. The van der Waals surface area contributed by atoms with Crippen LogP contribution in [-0.4, -0.2) is 29.1 Å². The summed E-state index contributed by atoms with van der Waals surface area (Å²) in [5.74, 6) is 1.32. The normalized spacial score (nSPS) is 11.8. The fraction of sp³-hybridized carbons (Fsp3) is 0. The van der Waals surface area contributed by atoms with Crippen LogP contribution >= 0.6 is 22.7 Å². The minimum absolute atomic E-state index is 0.657. The van der Waals surface area contributed by atoms with Gasteiger partial charge in [-0.3, -0.25) is 9.13 Å². The van der Waals surface area contributed by atoms with Crippen molar-refractivity contribution in [3.63, 3.8) is 0 Å². The van der Waals surface area contributed by atoms with E-state index in [1.54, 1.807) is 0 Å². The largest absolute Gasteiger partial charge is 0.278 e. The smallest absolute Gasteiger partial charge is 0.235 e. The van der Waals surface area contributed by atoms with Crippen LogP contribution in [0, 0.1) is 0 Å². The van der Waals surface area contributed by atoms with Crippen molar-refractivity contribution in [1.82, 2.24) is 29.1 Å². The van der Waals surface area contributed by atoms with Gasteiger partial charge in [0, 0.05) is 83.8 Å². The number of rotatable bonds is 10. The molecule has 6 aromatic heterocycles. The standard InChI is InChI=1S/2C54H33N3S/c1-2-12-34(13-3-1)38-14-10-15-40(32-38)52-44-17-4-7-21-47(44)55-54(56-52)57-48-22-8-5-18-45(48)51-46-33-39(29-28-37(46)30-31-49(51)57)35-24-26-36(27-25-35)41-19-11-20-43-42-16-6-9-23-50(42)58-53(41)43;1-2-11-34(12-3-1)35-23-28-39(29-24-35)52-44-14-4-7-18-47(44)55-54(56-52)57-48-19-8-5-15-45(48)51-46-33-40(30-27-38(46)31-32-49(51)57)36-21-25-37(26-22-36)41-16-10-17-43-42-13-6-9-20-50(42)58-53(41)43/h2*1-33H. The quantitative estimate of drug-likeness (QED) is 0.137. The molecule has 0 aliphatic rings. The average Bonchev–Trinajstić information content (AvgIpc) is 1.57. The van der Waals surface area contributed by atoms with E-state index in [1.807, 2.05) is 22.7 Å². The van der Waals surface area contributed by atoms with Gasteiger partial charge in [-0.15, -0.1) is 22.7 Å². The molecule has 24 aromatic rings. The Morgan fingerprint density at radius 3 is 1.01 bits per heavy atom. The number of hydrogen-bond donors (Lipinski definition) is 0. The van der Waals surface area contributed by atoms with E-state index in [9.17, 15) is 0 Å². The third kappa shape index (κ3) is 11.3. The Morgan fingerprint density at radius 2 is 0.517 bits per heavy atom. The van der Waals surface area contributed by atoms with E-state index < -0.39 is 0 Å². The van der Waals surface area contributed by atoms with Crippen LogP contribution in [0.3, 0.4) is 0 Å². The predicted octanol–water partition coefficient (Wildman–Crippen LogP) is 29.8. The molecule has 0 bridgehead atoms. The van der Waals surface area contributed by atoms with Crippen molar-refractivity contribution in [2.24, 2.45) is 0 Å². The topological polar surface area (TPSA) is 61.4 Å². The summed E-state index contributed by atoms with van der Waals surface area (Å²) in [6, 6.07) is 144. The summed E-state index contributed by atoms with van der Waals surface area (Å²) >= 11 is 3.75. The second kappa shape index (κ2) is 27.5. The lowest BCUT2D eigenvalue weighted by atomic mass is 9.96. The highest BCUT2D eigenvalue weighted by Gasteiger charge is 2.23. The van der Waals surface area contributed by atoms with Gasteiger partial charge in [-0.1, -0.05) is 334 Å². The number of thiophene rings is 2. The summed E-state index contributed by atoms with van der Waals surface area (Å²) in [7, 11) is 0. The van der Waals surface area contributed by atoms with Gasteiger partial charge in [0.15, 0.2) is 0 Å². The lowest BCUT2D eigenvalue weighted by Crippen LogP contribution is -2.03. The zero-order valence-electron chi connectivity index (χ0n) is 62.6. The van der Waals surface area contributed by atoms with Gasteiger partial charge in [-0.05, 0) is 155 Å². The molecule has 116 heavy (non-hydrogen) atoms. The second-order valence-corrected chi connectivity index (χ2v) is 32.0. The summed E-state index contributed by atoms with van der Waals surface area (Å²) in [5, 5.41) is 16.9. The van der Waals surface area contributed by atoms with Crippen molar-refractivity contribution in [2.45, 2.75) is 0 Å². The molecule has 24 rings (SSSR count). The summed E-state index contributed by atoms with van der Waals surface area (Å²) in [4.78, 5) is 21.3. The van der Waals surface area contributed by atoms with Gasteiger partial charge in [0.2, 0.25) is 11.9 Å². The first kappa shape index (κ1) is 66.9. The molecule has 0 unspecified atom stereocenters. The Hall–Kier alpha value is -14.8. The van der Waals surface area contributed by atoms with E-state index in [2.05, 4.69) is 410 Å². The van der Waals surface area contributed by atoms with Crippen molar-refractivity contribution in [1.29, 1.82) is 0 Å². The Kier molecular flexibility index (Phi) is 15.9. The first-order valence-corrected chi connectivity index (χ1v) is 40.9. The van der Waals surface area contributed by atoms with Crippen molar-refractivity contribution >= 4 is 150 Å². The maximum absolute atomic E-state index is 5.41. The van der Waals surface area contributed by atoms with Crippen LogP contribution in [0.1, 0.15) is 0 Å². The molecule has 0 aliphatic carbocycles. The third-order valence-corrected chi connectivity index (χ3v) is 25.7. The molecule has 6 nitrogen and oxygen atoms in total. The van der Waals surface area contributed by atoms with E-state index in [0.29, 0.717) is 11.9 Å². The molecule has 18 aromatic carbocycles. The van der Waals surface area contributed by atoms with Crippen LogP contribution in [0.2, 0.25) is 0 Å². The number of nitrogens with zero attached hydrogens (tertiary/aromatic N) is 6. The van der Waals surface area contributed by atoms with Crippen molar-refractivity contribution in [3.05, 3.63) is 400 Å². The predicted molar refractivity (Wildman–Crippen MR) is 492 cm³/mol. The number of fused-ring (bicyclic) bond motifs is 18. The Morgan fingerprint density at radius 1 is 0.190 bits per heavy atom. The monoisotopic (exact) mass is 1510 g/mol. The number of aromatic nitrogens is 6. The Bertz CT molecular complexity index is 8060. The van der Waals surface area contributed by atoms with Crippen LogP contribution in [0.4, 0.5) is 0 Å². The first-order valence-electron chi connectivity index (χ1n) is 39.3. The molecule has 0 atom stereocenters. The highest BCUT2D eigenvalue weighted by molar-refractivity contribution is 7.26. The van der Waals surface area contributed by atoms with Crippen molar-refractivity contribution in [3.8, 4) is 101 Å². The molecule has 0 amide bonds. The van der Waals surface area contributed by atoms with Gasteiger partial charge in [0.25, 0.3) is 0 Å². The third-order valence-electron chi connectivity index (χ3n) is 23.3. The number of benzene rings is 18. The summed E-state index contributed by atoms with van der Waals surface area (Å²) in [6.07, 6.45) is 0. The first-order chi connectivity index (χ1) is 57.5. The zero-order valence-corrected chi connectivity index (χ0v) is 64.2. The Labute approximate surface area is 675 Å². The van der Waals surface area contributed by atoms with E-state index in [-0.39, 0.29) is 0 Å². The minimum atomic E-state index is 0.657. The molecule has 0 spiro atoms. The highest BCUT2D eigenvalue weighted by atomic mass is 32.1. The molecule has 8 heteroatoms. The van der Waals surface area contributed by atoms with Gasteiger partial charge in [-0.25, -0.2) is 19.9 Å². The summed E-state index contributed by atoms with van der Waals surface area (Å²) in [6.45, 7) is 0. The highest BCUT2D eigenvalue weighted by Crippen LogP contribution is 2.46. The number of para-hydroxylation sites is 4. The van der Waals surface area contributed by atoms with Crippen molar-refractivity contribution < 1.29 is 0 Å². The van der Waals surface area contributed by atoms with Crippen molar-refractivity contribution in [2.75, 3.05) is 0 Å². The molecule has 0 radical (unpaired) electrons. The van der Waals surface area contributed by atoms with Crippen LogP contribution in [0.5, 0.6) is 0 Å². The molecular formula is C108H66N6S2. The summed E-state index contributed by atoms with van der Waals surface area (Å²) in [5.41, 5.74) is 24.6. The molecule has 0 saturated heterocycles. The van der Waals surface area contributed by atoms with E-state index in [1.165, 1.54) is 145 Å². The van der Waals surface area contributed by atoms with Crippen LogP contribution in [0.15, 0.2) is 400 Å². The van der Waals surface area contributed by atoms with E-state index in [4.69, 9.17) is 19.9 Å². The Balaban J connectivity index is 0.000000137. The van der Waals surface area contributed by atoms with E-state index >= 15 is 0 Å². The molecule has 6 heterocycles. The molecular weight excluding hydrogens is 1450 g/mol. The van der Waals surface area contributed by atoms with Gasteiger partial charge >= 0.3 is 0 Å². The van der Waals surface area contributed by atoms with Crippen LogP contribution < -0.4 is 0 Å². The van der Waals surface area contributed by atoms with Gasteiger partial charge < -0.3 is 0 Å². The van der Waals surface area contributed by atoms with Gasteiger partial charge in [0.1, 0.15) is 0 Å². The molecule has 540 valence electrons. The molecule has 0 N–H and O–H groups in total. The SMILES string of the molecule is c1ccc(-c2ccc(-c3nc(-n4c5ccccc5c5c6cc(-c7ccc(-c8cccc9c8sc8ccccc89)cc7)ccc6ccc54)nc4ccccc34)cc2)cc1.c1ccc(-c2cccc(-c3nc(-n4c5ccccc5c5c6cc(-c7ccc(-c8cccc9c8sc8ccccc89)cc7)ccc6ccc54)nc4ccccc34)c2)cc1. The average molecular weight is 1510 g/mol. The van der Waals surface area contributed by atoms with Crippen LogP contribution in [-0.2, 0) is 0 Å².